The van der Waals surface area contributed by atoms with Gasteiger partial charge in [-0.15, -0.1) is 22.7 Å². The highest BCUT2D eigenvalue weighted by Crippen LogP contribution is 2.28. The number of thiazole rings is 2. The third kappa shape index (κ3) is 1.28. The van der Waals surface area contributed by atoms with Gasteiger partial charge in [-0.1, -0.05) is 0 Å². The standard InChI is InChI=1S/C8H8N2S2/c1-5-6(2)12-8(10-5)7-9-3-4-11-7/h3-4H,1-2H3. The van der Waals surface area contributed by atoms with Gasteiger partial charge in [-0.05, 0) is 13.8 Å². The minimum absolute atomic E-state index is 1.02. The minimum Gasteiger partial charge on any atom is -0.242 e. The van der Waals surface area contributed by atoms with Gasteiger partial charge in [0.1, 0.15) is 0 Å². The van der Waals surface area contributed by atoms with E-state index in [1.807, 2.05) is 18.5 Å². The predicted octanol–water partition coefficient (Wildman–Crippen LogP) is 2.88. The largest absolute Gasteiger partial charge is 0.242 e. The average molecular weight is 196 g/mol. The third-order valence-electron chi connectivity index (χ3n) is 1.64. The first-order valence-corrected chi connectivity index (χ1v) is 5.31. The Balaban J connectivity index is 2.48. The second-order valence-electron chi connectivity index (χ2n) is 2.50. The summed E-state index contributed by atoms with van der Waals surface area (Å²) in [5, 5.41) is 4.04. The van der Waals surface area contributed by atoms with E-state index in [2.05, 4.69) is 16.9 Å². The lowest BCUT2D eigenvalue weighted by Crippen LogP contribution is -1.74. The molecule has 0 saturated carbocycles. The molecule has 4 heteroatoms. The molecule has 2 heterocycles. The number of rotatable bonds is 1. The first kappa shape index (κ1) is 7.89. The van der Waals surface area contributed by atoms with Gasteiger partial charge in [0.25, 0.3) is 0 Å². The van der Waals surface area contributed by atoms with Crippen molar-refractivity contribution < 1.29 is 0 Å². The monoisotopic (exact) mass is 196 g/mol. The van der Waals surface area contributed by atoms with Crippen LogP contribution in [0.2, 0.25) is 0 Å². The third-order valence-corrected chi connectivity index (χ3v) is 3.63. The van der Waals surface area contributed by atoms with E-state index in [0.29, 0.717) is 0 Å². The molecule has 0 N–H and O–H groups in total. The Morgan fingerprint density at radius 1 is 1.25 bits per heavy atom. The topological polar surface area (TPSA) is 25.8 Å². The predicted molar refractivity (Wildman–Crippen MR) is 52.7 cm³/mol. The van der Waals surface area contributed by atoms with Crippen LogP contribution in [0.15, 0.2) is 11.6 Å². The van der Waals surface area contributed by atoms with Crippen LogP contribution in [0.25, 0.3) is 10.0 Å². The molecule has 62 valence electrons. The molecule has 0 radical (unpaired) electrons. The van der Waals surface area contributed by atoms with Crippen LogP contribution in [-0.4, -0.2) is 9.97 Å². The Morgan fingerprint density at radius 3 is 2.58 bits per heavy atom. The van der Waals surface area contributed by atoms with Crippen molar-refractivity contribution in [2.45, 2.75) is 13.8 Å². The molecule has 0 bridgehead atoms. The van der Waals surface area contributed by atoms with E-state index < -0.39 is 0 Å². The molecule has 0 saturated heterocycles. The molecule has 0 amide bonds. The second kappa shape index (κ2) is 2.95. The zero-order valence-corrected chi connectivity index (χ0v) is 8.50. The van der Waals surface area contributed by atoms with Crippen LogP contribution >= 0.6 is 22.7 Å². The maximum Gasteiger partial charge on any atom is 0.152 e. The van der Waals surface area contributed by atoms with Crippen LogP contribution in [0.3, 0.4) is 0 Å². The van der Waals surface area contributed by atoms with Crippen molar-refractivity contribution in [1.82, 2.24) is 9.97 Å². The van der Waals surface area contributed by atoms with Crippen molar-refractivity contribution in [3.63, 3.8) is 0 Å². The molecule has 2 rings (SSSR count). The Bertz CT molecular complexity index is 356. The van der Waals surface area contributed by atoms with Crippen LogP contribution in [0.5, 0.6) is 0 Å². The first-order valence-electron chi connectivity index (χ1n) is 3.61. The van der Waals surface area contributed by atoms with Crippen molar-refractivity contribution in [1.29, 1.82) is 0 Å². The summed E-state index contributed by atoms with van der Waals surface area (Å²) in [4.78, 5) is 9.90. The molecule has 0 aliphatic rings. The normalized spacial score (nSPS) is 10.5. The van der Waals surface area contributed by atoms with Crippen molar-refractivity contribution in [2.24, 2.45) is 0 Å². The van der Waals surface area contributed by atoms with Gasteiger partial charge in [-0.25, -0.2) is 9.97 Å². The van der Waals surface area contributed by atoms with Gasteiger partial charge >= 0.3 is 0 Å². The lowest BCUT2D eigenvalue weighted by molar-refractivity contribution is 1.22. The molecule has 0 spiro atoms. The van der Waals surface area contributed by atoms with E-state index in [1.54, 1.807) is 22.7 Å². The highest BCUT2D eigenvalue weighted by Gasteiger charge is 2.07. The fourth-order valence-corrected chi connectivity index (χ4v) is 2.49. The minimum atomic E-state index is 1.02. The summed E-state index contributed by atoms with van der Waals surface area (Å²) < 4.78 is 0. The van der Waals surface area contributed by atoms with Crippen molar-refractivity contribution in [3.05, 3.63) is 22.1 Å². The number of hydrogen-bond acceptors (Lipinski definition) is 4. The molecule has 0 aliphatic heterocycles. The molecular weight excluding hydrogens is 188 g/mol. The van der Waals surface area contributed by atoms with Gasteiger partial charge in [-0.3, -0.25) is 0 Å². The van der Waals surface area contributed by atoms with Crippen LogP contribution in [0.1, 0.15) is 10.6 Å². The molecule has 2 nitrogen and oxygen atoms in total. The highest BCUT2D eigenvalue weighted by atomic mass is 32.1. The smallest absolute Gasteiger partial charge is 0.152 e. The van der Waals surface area contributed by atoms with E-state index in [1.165, 1.54) is 4.88 Å². The van der Waals surface area contributed by atoms with Crippen LogP contribution in [0, 0.1) is 13.8 Å². The molecule has 0 fully saturated rings. The van der Waals surface area contributed by atoms with E-state index >= 15 is 0 Å². The van der Waals surface area contributed by atoms with Crippen molar-refractivity contribution in [3.8, 4) is 10.0 Å². The fraction of sp³-hybridized carbons (Fsp3) is 0.250. The summed E-state index contributed by atoms with van der Waals surface area (Å²) >= 11 is 3.34. The lowest BCUT2D eigenvalue weighted by atomic mass is 10.4. The summed E-state index contributed by atoms with van der Waals surface area (Å²) in [6.07, 6.45) is 1.81. The first-order chi connectivity index (χ1) is 5.77. The number of aryl methyl sites for hydroxylation is 2. The second-order valence-corrected chi connectivity index (χ2v) is 4.60. The highest BCUT2D eigenvalue weighted by molar-refractivity contribution is 7.20. The molecule has 2 aromatic rings. The molecular formula is C8H8N2S2. The molecule has 0 aromatic carbocycles. The molecule has 12 heavy (non-hydrogen) atoms. The average Bonchev–Trinajstić information content (AvgIpc) is 2.61. The Labute approximate surface area is 78.9 Å². The zero-order valence-electron chi connectivity index (χ0n) is 6.87. The zero-order chi connectivity index (χ0) is 8.55. The van der Waals surface area contributed by atoms with Gasteiger partial charge in [0.05, 0.1) is 5.69 Å². The van der Waals surface area contributed by atoms with Gasteiger partial charge in [0.15, 0.2) is 10.0 Å². The van der Waals surface area contributed by atoms with E-state index in [9.17, 15) is 0 Å². The molecule has 0 aliphatic carbocycles. The van der Waals surface area contributed by atoms with Gasteiger partial charge in [-0.2, -0.15) is 0 Å². The molecule has 2 aromatic heterocycles. The van der Waals surface area contributed by atoms with Gasteiger partial charge in [0.2, 0.25) is 0 Å². The Kier molecular flexibility index (Phi) is 1.94. The van der Waals surface area contributed by atoms with Crippen LogP contribution in [-0.2, 0) is 0 Å². The van der Waals surface area contributed by atoms with E-state index in [4.69, 9.17) is 0 Å². The summed E-state index contributed by atoms with van der Waals surface area (Å²) in [7, 11) is 0. The fourth-order valence-electron chi connectivity index (χ4n) is 0.893. The lowest BCUT2D eigenvalue weighted by Gasteiger charge is -1.83. The van der Waals surface area contributed by atoms with E-state index in [0.717, 1.165) is 15.7 Å². The molecule has 0 atom stereocenters. The summed E-state index contributed by atoms with van der Waals surface area (Å²) in [5.41, 5.74) is 1.12. The van der Waals surface area contributed by atoms with Gasteiger partial charge in [0, 0.05) is 16.5 Å². The SMILES string of the molecule is Cc1nc(-c2nccs2)sc1C. The quantitative estimate of drug-likeness (QED) is 0.701. The van der Waals surface area contributed by atoms with E-state index in [-0.39, 0.29) is 0 Å². The Morgan fingerprint density at radius 2 is 2.08 bits per heavy atom. The number of nitrogens with zero attached hydrogens (tertiary/aromatic N) is 2. The maximum absolute atomic E-state index is 4.42. The Hall–Kier alpha value is -0.740. The van der Waals surface area contributed by atoms with Crippen LogP contribution in [0.4, 0.5) is 0 Å². The number of hydrogen-bond donors (Lipinski definition) is 0. The maximum atomic E-state index is 4.42. The summed E-state index contributed by atoms with van der Waals surface area (Å²) in [6, 6.07) is 0. The van der Waals surface area contributed by atoms with Crippen LogP contribution < -0.4 is 0 Å². The summed E-state index contributed by atoms with van der Waals surface area (Å²) in [6.45, 7) is 4.12. The molecule has 0 unspecified atom stereocenters. The summed E-state index contributed by atoms with van der Waals surface area (Å²) in [5.74, 6) is 0. The van der Waals surface area contributed by atoms with Gasteiger partial charge < -0.3 is 0 Å². The number of aromatic nitrogens is 2. The van der Waals surface area contributed by atoms with Crippen molar-refractivity contribution in [2.75, 3.05) is 0 Å². The van der Waals surface area contributed by atoms with Crippen molar-refractivity contribution >= 4 is 22.7 Å².